The zero-order chi connectivity index (χ0) is 9.14. The van der Waals surface area contributed by atoms with Gasteiger partial charge in [0, 0.05) is 0 Å². The zero-order valence-corrected chi connectivity index (χ0v) is 10.0. The SMILES string of the molecule is O=C(O)c1ccccc1C(=O)O.[CH3-].[Na+]. The molecule has 0 heterocycles. The van der Waals surface area contributed by atoms with Crippen molar-refractivity contribution >= 4 is 11.9 Å². The molecule has 0 fully saturated rings. The topological polar surface area (TPSA) is 74.6 Å². The number of hydrogen-bond donors (Lipinski definition) is 2. The van der Waals surface area contributed by atoms with E-state index in [2.05, 4.69) is 0 Å². The third-order valence-corrected chi connectivity index (χ3v) is 1.39. The van der Waals surface area contributed by atoms with E-state index in [-0.39, 0.29) is 48.1 Å². The number of benzene rings is 1. The first-order valence-electron chi connectivity index (χ1n) is 3.18. The maximum atomic E-state index is 10.5. The van der Waals surface area contributed by atoms with Crippen LogP contribution in [0.25, 0.3) is 0 Å². The fourth-order valence-electron chi connectivity index (χ4n) is 0.856. The Hall–Kier alpha value is -0.840. The molecule has 4 nitrogen and oxygen atoms in total. The Labute approximate surface area is 104 Å². The number of carboxylic acids is 2. The van der Waals surface area contributed by atoms with Crippen molar-refractivity contribution in [2.45, 2.75) is 0 Å². The third-order valence-electron chi connectivity index (χ3n) is 1.39. The molecule has 0 aliphatic heterocycles. The van der Waals surface area contributed by atoms with Crippen LogP contribution in [0.2, 0.25) is 0 Å². The molecular weight excluding hydrogens is 195 g/mol. The molecule has 0 atom stereocenters. The summed E-state index contributed by atoms with van der Waals surface area (Å²) >= 11 is 0. The van der Waals surface area contributed by atoms with Gasteiger partial charge in [0.05, 0.1) is 11.1 Å². The Morgan fingerprint density at radius 2 is 1.21 bits per heavy atom. The molecule has 0 saturated heterocycles. The normalized spacial score (nSPS) is 8.00. The first-order chi connectivity index (χ1) is 5.63. The van der Waals surface area contributed by atoms with Crippen LogP contribution < -0.4 is 29.6 Å². The van der Waals surface area contributed by atoms with Gasteiger partial charge in [-0.3, -0.25) is 0 Å². The summed E-state index contributed by atoms with van der Waals surface area (Å²) in [5.74, 6) is -2.46. The van der Waals surface area contributed by atoms with Crippen molar-refractivity contribution in [3.63, 3.8) is 0 Å². The van der Waals surface area contributed by atoms with Crippen molar-refractivity contribution in [3.05, 3.63) is 42.8 Å². The van der Waals surface area contributed by atoms with E-state index in [0.29, 0.717) is 0 Å². The molecule has 0 aliphatic rings. The number of aromatic carboxylic acids is 2. The Morgan fingerprint density at radius 1 is 0.929 bits per heavy atom. The van der Waals surface area contributed by atoms with E-state index >= 15 is 0 Å². The van der Waals surface area contributed by atoms with Crippen LogP contribution in [0.5, 0.6) is 0 Å². The monoisotopic (exact) mass is 204 g/mol. The predicted octanol–water partition coefficient (Wildman–Crippen LogP) is -1.46. The molecule has 0 radical (unpaired) electrons. The van der Waals surface area contributed by atoms with Crippen molar-refractivity contribution in [1.29, 1.82) is 0 Å². The predicted molar refractivity (Wildman–Crippen MR) is 46.8 cm³/mol. The second-order valence-electron chi connectivity index (χ2n) is 2.16. The third kappa shape index (κ3) is 3.49. The van der Waals surface area contributed by atoms with Gasteiger partial charge in [0.15, 0.2) is 0 Å². The van der Waals surface area contributed by atoms with Crippen LogP contribution in [0.1, 0.15) is 20.7 Å². The average Bonchev–Trinajstić information content (AvgIpc) is 2.04. The van der Waals surface area contributed by atoms with Crippen LogP contribution in [0.3, 0.4) is 0 Å². The Morgan fingerprint density at radius 3 is 1.43 bits per heavy atom. The van der Waals surface area contributed by atoms with Crippen LogP contribution in [0, 0.1) is 7.43 Å². The molecule has 1 rings (SSSR count). The van der Waals surface area contributed by atoms with Gasteiger partial charge in [-0.15, -0.1) is 0 Å². The zero-order valence-electron chi connectivity index (χ0n) is 8.02. The van der Waals surface area contributed by atoms with Crippen molar-refractivity contribution < 1.29 is 49.4 Å². The van der Waals surface area contributed by atoms with E-state index in [1.807, 2.05) is 0 Å². The summed E-state index contributed by atoms with van der Waals surface area (Å²) in [5.41, 5.74) is -0.380. The maximum Gasteiger partial charge on any atom is 1.00 e. The molecular formula is C9H9NaO4. The van der Waals surface area contributed by atoms with Crippen molar-refractivity contribution in [2.75, 3.05) is 0 Å². The van der Waals surface area contributed by atoms with Gasteiger partial charge in [-0.25, -0.2) is 9.59 Å². The molecule has 1 aromatic carbocycles. The fourth-order valence-corrected chi connectivity index (χ4v) is 0.856. The molecule has 0 unspecified atom stereocenters. The van der Waals surface area contributed by atoms with Gasteiger partial charge >= 0.3 is 41.5 Å². The van der Waals surface area contributed by atoms with Gasteiger partial charge in [-0.05, 0) is 12.1 Å². The Kier molecular flexibility index (Phi) is 7.35. The summed E-state index contributed by atoms with van der Waals surface area (Å²) in [6.07, 6.45) is 0. The van der Waals surface area contributed by atoms with E-state index in [9.17, 15) is 9.59 Å². The minimum absolute atomic E-state index is 0. The molecule has 0 spiro atoms. The fraction of sp³-hybridized carbons (Fsp3) is 0. The summed E-state index contributed by atoms with van der Waals surface area (Å²) in [4.78, 5) is 20.9. The van der Waals surface area contributed by atoms with Crippen LogP contribution >= 0.6 is 0 Å². The summed E-state index contributed by atoms with van der Waals surface area (Å²) < 4.78 is 0. The van der Waals surface area contributed by atoms with Gasteiger partial charge in [0.2, 0.25) is 0 Å². The quantitative estimate of drug-likeness (QED) is 0.456. The van der Waals surface area contributed by atoms with Gasteiger partial charge in [0.25, 0.3) is 0 Å². The smallest absolute Gasteiger partial charge is 0.478 e. The summed E-state index contributed by atoms with van der Waals surface area (Å²) in [6.45, 7) is 0. The molecule has 0 amide bonds. The van der Waals surface area contributed by atoms with Crippen LogP contribution in [-0.4, -0.2) is 22.2 Å². The standard InChI is InChI=1S/C8H6O4.CH3.Na/c9-7(10)5-3-1-2-4-6(5)8(11)12;;/h1-4H,(H,9,10)(H,11,12);1H3;/q;-1;+1. The van der Waals surface area contributed by atoms with Gasteiger partial charge in [0.1, 0.15) is 0 Å². The minimum atomic E-state index is -1.23. The molecule has 14 heavy (non-hydrogen) atoms. The molecule has 5 heteroatoms. The molecule has 0 aromatic heterocycles. The van der Waals surface area contributed by atoms with Crippen molar-refractivity contribution in [2.24, 2.45) is 0 Å². The average molecular weight is 204 g/mol. The second kappa shape index (κ2) is 6.59. The van der Waals surface area contributed by atoms with Gasteiger partial charge in [-0.1, -0.05) is 12.1 Å². The number of hydrogen-bond acceptors (Lipinski definition) is 2. The molecule has 70 valence electrons. The van der Waals surface area contributed by atoms with E-state index in [1.54, 1.807) is 0 Å². The van der Waals surface area contributed by atoms with Crippen molar-refractivity contribution in [1.82, 2.24) is 0 Å². The van der Waals surface area contributed by atoms with Crippen molar-refractivity contribution in [3.8, 4) is 0 Å². The van der Waals surface area contributed by atoms with E-state index in [0.717, 1.165) is 0 Å². The number of rotatable bonds is 2. The van der Waals surface area contributed by atoms with Crippen LogP contribution in [-0.2, 0) is 0 Å². The van der Waals surface area contributed by atoms with Gasteiger partial charge in [-0.2, -0.15) is 0 Å². The summed E-state index contributed by atoms with van der Waals surface area (Å²) in [6, 6.07) is 5.48. The molecule has 0 bridgehead atoms. The van der Waals surface area contributed by atoms with Crippen LogP contribution in [0.4, 0.5) is 0 Å². The van der Waals surface area contributed by atoms with E-state index in [1.165, 1.54) is 24.3 Å². The van der Waals surface area contributed by atoms with Gasteiger partial charge < -0.3 is 17.6 Å². The maximum absolute atomic E-state index is 10.5. The number of carboxylic acid groups (broad SMARTS) is 2. The first kappa shape index (κ1) is 15.6. The molecule has 0 saturated carbocycles. The first-order valence-corrected chi connectivity index (χ1v) is 3.18. The largest absolute Gasteiger partial charge is 1.00 e. The Balaban J connectivity index is 0. The molecule has 1 aromatic rings. The Bertz CT molecular complexity index is 302. The second-order valence-corrected chi connectivity index (χ2v) is 2.16. The van der Waals surface area contributed by atoms with E-state index < -0.39 is 11.9 Å². The number of carbonyl (C=O) groups is 2. The molecule has 0 aliphatic carbocycles. The van der Waals surface area contributed by atoms with E-state index in [4.69, 9.17) is 10.2 Å². The summed E-state index contributed by atoms with van der Waals surface area (Å²) in [7, 11) is 0. The summed E-state index contributed by atoms with van der Waals surface area (Å²) in [5, 5.41) is 17.1. The molecule has 2 N–H and O–H groups in total. The van der Waals surface area contributed by atoms with Crippen LogP contribution in [0.15, 0.2) is 24.3 Å². The minimum Gasteiger partial charge on any atom is -0.478 e.